The first kappa shape index (κ1) is 22.0. The van der Waals surface area contributed by atoms with Crippen molar-refractivity contribution < 1.29 is 14.3 Å². The molecular formula is C21H32N2O3. The van der Waals surface area contributed by atoms with Gasteiger partial charge in [-0.25, -0.2) is 0 Å². The topological polar surface area (TPSA) is 71.3 Å². The van der Waals surface area contributed by atoms with Gasteiger partial charge in [-0.15, -0.1) is 0 Å². The van der Waals surface area contributed by atoms with Gasteiger partial charge in [0.05, 0.1) is 17.4 Å². The Hall–Kier alpha value is -2.06. The van der Waals surface area contributed by atoms with Crippen LogP contribution in [0.5, 0.6) is 5.75 Å². The summed E-state index contributed by atoms with van der Waals surface area (Å²) in [5.41, 5.74) is -0.0373. The number of carbonyl (C=O) groups excluding carboxylic acids is 1. The van der Waals surface area contributed by atoms with Crippen LogP contribution in [0.25, 0.3) is 0 Å². The van der Waals surface area contributed by atoms with Gasteiger partial charge in [-0.3, -0.25) is 4.79 Å². The molecule has 144 valence electrons. The van der Waals surface area contributed by atoms with Gasteiger partial charge in [-0.2, -0.15) is 5.26 Å². The van der Waals surface area contributed by atoms with Crippen molar-refractivity contribution in [2.75, 3.05) is 11.9 Å². The number of anilines is 1. The molecule has 1 aromatic carbocycles. The highest BCUT2D eigenvalue weighted by Crippen LogP contribution is 2.26. The summed E-state index contributed by atoms with van der Waals surface area (Å²) in [5.74, 6) is 0.409. The molecule has 0 aliphatic heterocycles. The van der Waals surface area contributed by atoms with Crippen LogP contribution in [0.4, 0.5) is 5.69 Å². The molecule has 1 rings (SSSR count). The normalized spacial score (nSPS) is 14.2. The minimum absolute atomic E-state index is 0.0711. The van der Waals surface area contributed by atoms with Gasteiger partial charge in [0.2, 0.25) is 0 Å². The fourth-order valence-corrected chi connectivity index (χ4v) is 2.65. The highest BCUT2D eigenvalue weighted by Gasteiger charge is 2.33. The van der Waals surface area contributed by atoms with Crippen LogP contribution in [0.15, 0.2) is 18.2 Å². The maximum Gasteiger partial charge on any atom is 0.256 e. The van der Waals surface area contributed by atoms with Crippen LogP contribution < -0.4 is 10.1 Å². The number of carbonyl (C=O) groups is 1. The average molecular weight is 360 g/mol. The molecule has 2 atom stereocenters. The zero-order valence-corrected chi connectivity index (χ0v) is 16.7. The van der Waals surface area contributed by atoms with Crippen LogP contribution in [0.3, 0.4) is 0 Å². The summed E-state index contributed by atoms with van der Waals surface area (Å²) in [6, 6.07) is 7.29. The lowest BCUT2D eigenvalue weighted by atomic mass is 9.96. The van der Waals surface area contributed by atoms with Crippen molar-refractivity contribution in [2.24, 2.45) is 0 Å². The molecule has 5 nitrogen and oxygen atoms in total. The predicted molar refractivity (Wildman–Crippen MR) is 104 cm³/mol. The number of hydrogen-bond donors (Lipinski definition) is 1. The van der Waals surface area contributed by atoms with Gasteiger partial charge in [0, 0.05) is 12.7 Å². The molecule has 0 saturated carbocycles. The number of nitrogens with one attached hydrogen (secondary N) is 1. The Morgan fingerprint density at radius 2 is 2.04 bits per heavy atom. The lowest BCUT2D eigenvalue weighted by Gasteiger charge is -2.28. The van der Waals surface area contributed by atoms with Crippen LogP contribution in [0, 0.1) is 11.3 Å². The Morgan fingerprint density at radius 3 is 2.62 bits per heavy atom. The van der Waals surface area contributed by atoms with Crippen molar-refractivity contribution in [3.05, 3.63) is 23.8 Å². The van der Waals surface area contributed by atoms with Crippen LogP contribution in [-0.4, -0.2) is 24.2 Å². The quantitative estimate of drug-likeness (QED) is 0.561. The Bertz CT molecular complexity index is 624. The minimum Gasteiger partial charge on any atom is -0.491 e. The van der Waals surface area contributed by atoms with Gasteiger partial charge in [-0.05, 0) is 45.7 Å². The van der Waals surface area contributed by atoms with Crippen molar-refractivity contribution in [2.45, 2.75) is 78.4 Å². The van der Waals surface area contributed by atoms with E-state index in [9.17, 15) is 10.1 Å². The van der Waals surface area contributed by atoms with E-state index in [-0.39, 0.29) is 12.0 Å². The molecule has 0 fully saturated rings. The van der Waals surface area contributed by atoms with E-state index in [1.807, 2.05) is 27.7 Å². The Balaban J connectivity index is 2.93. The largest absolute Gasteiger partial charge is 0.491 e. The molecule has 0 heterocycles. The van der Waals surface area contributed by atoms with Crippen LogP contribution in [0.2, 0.25) is 0 Å². The lowest BCUT2D eigenvalue weighted by molar-refractivity contribution is -0.139. The van der Waals surface area contributed by atoms with E-state index in [1.165, 1.54) is 0 Å². The van der Waals surface area contributed by atoms with Crippen molar-refractivity contribution in [3.8, 4) is 11.8 Å². The fraction of sp³-hybridized carbons (Fsp3) is 0.619. The summed E-state index contributed by atoms with van der Waals surface area (Å²) in [5, 5.41) is 12.3. The van der Waals surface area contributed by atoms with E-state index >= 15 is 0 Å². The van der Waals surface area contributed by atoms with Crippen LogP contribution in [-0.2, 0) is 9.53 Å². The third-order valence-electron chi connectivity index (χ3n) is 4.47. The first-order valence-corrected chi connectivity index (χ1v) is 9.56. The number of nitriles is 1. The van der Waals surface area contributed by atoms with Crippen molar-refractivity contribution in [1.82, 2.24) is 0 Å². The van der Waals surface area contributed by atoms with Crippen molar-refractivity contribution >= 4 is 11.6 Å². The molecule has 2 unspecified atom stereocenters. The molecule has 0 bridgehead atoms. The summed E-state index contributed by atoms with van der Waals surface area (Å²) in [6.07, 6.45) is 4.67. The van der Waals surface area contributed by atoms with Gasteiger partial charge in [0.25, 0.3) is 5.91 Å². The van der Waals surface area contributed by atoms with Gasteiger partial charge < -0.3 is 14.8 Å². The van der Waals surface area contributed by atoms with Gasteiger partial charge in [0.1, 0.15) is 17.4 Å². The third-order valence-corrected chi connectivity index (χ3v) is 4.47. The molecular weight excluding hydrogens is 328 g/mol. The third kappa shape index (κ3) is 6.34. The number of nitrogens with zero attached hydrogens (tertiary/aromatic N) is 1. The zero-order chi connectivity index (χ0) is 19.6. The van der Waals surface area contributed by atoms with E-state index in [1.54, 1.807) is 18.2 Å². The van der Waals surface area contributed by atoms with Crippen LogP contribution in [0.1, 0.15) is 72.3 Å². The second-order valence-corrected chi connectivity index (χ2v) is 6.73. The van der Waals surface area contributed by atoms with Gasteiger partial charge in [-0.1, -0.05) is 33.1 Å². The summed E-state index contributed by atoms with van der Waals surface area (Å²) in [7, 11) is 0. The highest BCUT2D eigenvalue weighted by atomic mass is 16.5. The fourth-order valence-electron chi connectivity index (χ4n) is 2.65. The van der Waals surface area contributed by atoms with Crippen molar-refractivity contribution in [3.63, 3.8) is 0 Å². The molecule has 0 spiro atoms. The molecule has 5 heteroatoms. The monoisotopic (exact) mass is 360 g/mol. The molecule has 0 radical (unpaired) electrons. The molecule has 26 heavy (non-hydrogen) atoms. The number of ether oxygens (including phenoxy) is 2. The number of hydrogen-bond acceptors (Lipinski definition) is 4. The van der Waals surface area contributed by atoms with E-state index in [4.69, 9.17) is 9.47 Å². The van der Waals surface area contributed by atoms with Crippen LogP contribution >= 0.6 is 0 Å². The molecule has 0 saturated heterocycles. The Labute approximate surface area is 157 Å². The van der Waals surface area contributed by atoms with Gasteiger partial charge in [0.15, 0.2) is 0 Å². The Kier molecular flexibility index (Phi) is 9.15. The molecule has 0 aliphatic carbocycles. The smallest absolute Gasteiger partial charge is 0.256 e. The number of amides is 1. The molecule has 1 aromatic rings. The second-order valence-electron chi connectivity index (χ2n) is 6.73. The summed E-state index contributed by atoms with van der Waals surface area (Å²) >= 11 is 0. The summed E-state index contributed by atoms with van der Waals surface area (Å²) in [4.78, 5) is 12.8. The summed E-state index contributed by atoms with van der Waals surface area (Å²) < 4.78 is 11.5. The standard InChI is InChI=1S/C21H32N2O3/c1-6-9-10-13-21(5,25-8-3)20(24)23-19-12-11-18(14-17(19)15-22)26-16(4)7-2/h11-12,14,16H,6-10,13H2,1-5H3,(H,23,24). The second kappa shape index (κ2) is 10.8. The first-order chi connectivity index (χ1) is 12.4. The van der Waals surface area contributed by atoms with E-state index in [0.29, 0.717) is 30.0 Å². The first-order valence-electron chi connectivity index (χ1n) is 9.56. The molecule has 0 aromatic heterocycles. The van der Waals surface area contributed by atoms with E-state index in [2.05, 4.69) is 18.3 Å². The Morgan fingerprint density at radius 1 is 1.31 bits per heavy atom. The number of unbranched alkanes of at least 4 members (excludes halogenated alkanes) is 2. The van der Waals surface area contributed by atoms with E-state index < -0.39 is 5.60 Å². The highest BCUT2D eigenvalue weighted by molar-refractivity contribution is 5.98. The SMILES string of the molecule is CCCCCC(C)(OCC)C(=O)Nc1ccc(OC(C)CC)cc1C#N. The zero-order valence-electron chi connectivity index (χ0n) is 16.7. The predicted octanol–water partition coefficient (Wildman–Crippen LogP) is 5.05. The number of rotatable bonds is 11. The number of benzene rings is 1. The van der Waals surface area contributed by atoms with Gasteiger partial charge >= 0.3 is 0 Å². The maximum atomic E-state index is 12.8. The van der Waals surface area contributed by atoms with E-state index in [0.717, 1.165) is 25.7 Å². The maximum absolute atomic E-state index is 12.8. The molecule has 1 N–H and O–H groups in total. The van der Waals surface area contributed by atoms with Crippen molar-refractivity contribution in [1.29, 1.82) is 5.26 Å². The average Bonchev–Trinajstić information content (AvgIpc) is 2.63. The minimum atomic E-state index is -0.900. The summed E-state index contributed by atoms with van der Waals surface area (Å²) in [6.45, 7) is 10.3. The lowest BCUT2D eigenvalue weighted by Crippen LogP contribution is -2.43. The molecule has 0 aliphatic rings. The molecule has 1 amide bonds.